The molecule has 1 heterocycles. The second kappa shape index (κ2) is 5.60. The molecule has 6 nitrogen and oxygen atoms in total. The van der Waals surface area contributed by atoms with E-state index in [1.54, 1.807) is 20.8 Å². The van der Waals surface area contributed by atoms with Gasteiger partial charge in [-0.3, -0.25) is 9.69 Å². The van der Waals surface area contributed by atoms with Crippen molar-refractivity contribution in [2.24, 2.45) is 0 Å². The van der Waals surface area contributed by atoms with E-state index in [1.807, 2.05) is 20.8 Å². The summed E-state index contributed by atoms with van der Waals surface area (Å²) in [5, 5.41) is 12.8. The Balaban J connectivity index is 2.81. The van der Waals surface area contributed by atoms with Crippen LogP contribution < -0.4 is 5.32 Å². The van der Waals surface area contributed by atoms with Gasteiger partial charge < -0.3 is 15.2 Å². The van der Waals surface area contributed by atoms with Crippen LogP contribution in [-0.4, -0.2) is 51.8 Å². The van der Waals surface area contributed by atoms with E-state index in [1.165, 1.54) is 4.90 Å². The van der Waals surface area contributed by atoms with Crippen molar-refractivity contribution in [3.8, 4) is 0 Å². The molecule has 0 bridgehead atoms. The second-order valence-corrected chi connectivity index (χ2v) is 7.21. The molecule has 1 aliphatic rings. The van der Waals surface area contributed by atoms with Crippen molar-refractivity contribution in [2.75, 3.05) is 6.54 Å². The molecule has 0 spiro atoms. The standard InChI is InChI=1S/C14H26N2O4/c1-13(2,3)15-11(18)10-9(17)7-8-16(10)12(19)20-14(4,5)6/h9-10,17H,7-8H2,1-6H3,(H,15,18)/t9?,10-/m0/s1. The van der Waals surface area contributed by atoms with Gasteiger partial charge in [0, 0.05) is 12.1 Å². The fourth-order valence-corrected chi connectivity index (χ4v) is 2.06. The number of ether oxygens (including phenoxy) is 1. The molecule has 2 amide bonds. The number of aliphatic hydroxyl groups excluding tert-OH is 1. The number of hydrogen-bond donors (Lipinski definition) is 2. The Morgan fingerprint density at radius 1 is 1.20 bits per heavy atom. The van der Waals surface area contributed by atoms with Gasteiger partial charge in [-0.2, -0.15) is 0 Å². The third kappa shape index (κ3) is 4.67. The Bertz CT molecular complexity index is 382. The van der Waals surface area contributed by atoms with Crippen LogP contribution in [-0.2, 0) is 9.53 Å². The smallest absolute Gasteiger partial charge is 0.411 e. The normalized spacial score (nSPS) is 23.6. The van der Waals surface area contributed by atoms with Crippen molar-refractivity contribution in [2.45, 2.75) is 71.2 Å². The number of nitrogens with one attached hydrogen (secondary N) is 1. The minimum absolute atomic E-state index is 0.318. The van der Waals surface area contributed by atoms with Gasteiger partial charge in [-0.15, -0.1) is 0 Å². The molecule has 0 saturated carbocycles. The van der Waals surface area contributed by atoms with E-state index in [4.69, 9.17) is 4.74 Å². The summed E-state index contributed by atoms with van der Waals surface area (Å²) >= 11 is 0. The van der Waals surface area contributed by atoms with Crippen molar-refractivity contribution in [1.82, 2.24) is 10.2 Å². The molecule has 0 aromatic carbocycles. The van der Waals surface area contributed by atoms with Crippen LogP contribution in [0.4, 0.5) is 4.79 Å². The van der Waals surface area contributed by atoms with E-state index in [0.29, 0.717) is 13.0 Å². The van der Waals surface area contributed by atoms with Gasteiger partial charge >= 0.3 is 6.09 Å². The molecule has 1 aliphatic heterocycles. The van der Waals surface area contributed by atoms with Gasteiger partial charge in [-0.1, -0.05) is 0 Å². The van der Waals surface area contributed by atoms with Gasteiger partial charge in [0.05, 0.1) is 6.10 Å². The summed E-state index contributed by atoms with van der Waals surface area (Å²) in [6.07, 6.45) is -1.05. The first-order chi connectivity index (χ1) is 8.91. The van der Waals surface area contributed by atoms with Gasteiger partial charge in [0.1, 0.15) is 11.6 Å². The Labute approximate surface area is 120 Å². The van der Waals surface area contributed by atoms with Gasteiger partial charge in [-0.25, -0.2) is 4.79 Å². The molecule has 2 atom stereocenters. The highest BCUT2D eigenvalue weighted by Gasteiger charge is 2.43. The summed E-state index contributed by atoms with van der Waals surface area (Å²) in [7, 11) is 0. The zero-order chi connectivity index (χ0) is 15.7. The van der Waals surface area contributed by atoms with E-state index < -0.39 is 29.4 Å². The van der Waals surface area contributed by atoms with E-state index in [0.717, 1.165) is 0 Å². The third-order valence-corrected chi connectivity index (χ3v) is 2.76. The summed E-state index contributed by atoms with van der Waals surface area (Å²) in [6, 6.07) is -0.885. The highest BCUT2D eigenvalue weighted by Crippen LogP contribution is 2.22. The number of aliphatic hydroxyl groups is 1. The molecule has 0 aromatic rings. The third-order valence-electron chi connectivity index (χ3n) is 2.76. The van der Waals surface area contributed by atoms with Crippen molar-refractivity contribution >= 4 is 12.0 Å². The lowest BCUT2D eigenvalue weighted by Crippen LogP contribution is -2.55. The molecule has 1 fully saturated rings. The van der Waals surface area contributed by atoms with Crippen LogP contribution >= 0.6 is 0 Å². The molecule has 1 rings (SSSR count). The van der Waals surface area contributed by atoms with Crippen molar-refractivity contribution in [1.29, 1.82) is 0 Å². The largest absolute Gasteiger partial charge is 0.444 e. The average molecular weight is 286 g/mol. The lowest BCUT2D eigenvalue weighted by molar-refractivity contribution is -0.129. The number of nitrogens with zero attached hydrogens (tertiary/aromatic N) is 1. The summed E-state index contributed by atoms with van der Waals surface area (Å²) in [4.78, 5) is 25.6. The van der Waals surface area contributed by atoms with Gasteiger partial charge in [-0.05, 0) is 48.0 Å². The summed E-state index contributed by atoms with van der Waals surface area (Å²) < 4.78 is 5.28. The molecule has 0 radical (unpaired) electrons. The molecule has 0 aliphatic carbocycles. The quantitative estimate of drug-likeness (QED) is 0.761. The summed E-state index contributed by atoms with van der Waals surface area (Å²) in [5.74, 6) is -0.353. The molecule has 1 unspecified atom stereocenters. The molecule has 0 aromatic heterocycles. The number of amides is 2. The van der Waals surface area contributed by atoms with E-state index in [9.17, 15) is 14.7 Å². The maximum atomic E-state index is 12.2. The number of likely N-dealkylation sites (tertiary alicyclic amines) is 1. The zero-order valence-electron chi connectivity index (χ0n) is 13.2. The molecule has 2 N–H and O–H groups in total. The maximum Gasteiger partial charge on any atom is 0.411 e. The van der Waals surface area contributed by atoms with Crippen molar-refractivity contribution in [3.05, 3.63) is 0 Å². The van der Waals surface area contributed by atoms with Gasteiger partial charge in [0.2, 0.25) is 5.91 Å². The minimum atomic E-state index is -0.885. The Morgan fingerprint density at radius 2 is 1.75 bits per heavy atom. The molecule has 6 heteroatoms. The summed E-state index contributed by atoms with van der Waals surface area (Å²) in [6.45, 7) is 11.2. The van der Waals surface area contributed by atoms with Gasteiger partial charge in [0.15, 0.2) is 0 Å². The first kappa shape index (κ1) is 16.8. The Morgan fingerprint density at radius 3 is 2.20 bits per heavy atom. The monoisotopic (exact) mass is 286 g/mol. The number of rotatable bonds is 1. The Hall–Kier alpha value is -1.30. The zero-order valence-corrected chi connectivity index (χ0v) is 13.2. The molecular formula is C14H26N2O4. The first-order valence-corrected chi connectivity index (χ1v) is 6.90. The van der Waals surface area contributed by atoms with E-state index >= 15 is 0 Å². The lowest BCUT2D eigenvalue weighted by Gasteiger charge is -2.31. The predicted octanol–water partition coefficient (Wildman–Crippen LogP) is 1.27. The number of carbonyl (C=O) groups excluding carboxylic acids is 2. The van der Waals surface area contributed by atoms with Crippen LogP contribution in [0.5, 0.6) is 0 Å². The number of carbonyl (C=O) groups is 2. The molecule has 20 heavy (non-hydrogen) atoms. The Kier molecular flexibility index (Phi) is 4.69. The van der Waals surface area contributed by atoms with E-state index in [-0.39, 0.29) is 5.91 Å². The molecule has 1 saturated heterocycles. The van der Waals surface area contributed by atoms with Crippen LogP contribution in [0.25, 0.3) is 0 Å². The number of hydrogen-bond acceptors (Lipinski definition) is 4. The van der Waals surface area contributed by atoms with Crippen molar-refractivity contribution in [3.63, 3.8) is 0 Å². The molecular weight excluding hydrogens is 260 g/mol. The van der Waals surface area contributed by atoms with E-state index in [2.05, 4.69) is 5.32 Å². The minimum Gasteiger partial charge on any atom is -0.444 e. The maximum absolute atomic E-state index is 12.2. The van der Waals surface area contributed by atoms with Crippen LogP contribution in [0.15, 0.2) is 0 Å². The SMILES string of the molecule is CC(C)(C)NC(=O)[C@@H]1C(O)CCN1C(=O)OC(C)(C)C. The highest BCUT2D eigenvalue weighted by molar-refractivity contribution is 5.87. The highest BCUT2D eigenvalue weighted by atomic mass is 16.6. The fourth-order valence-electron chi connectivity index (χ4n) is 2.06. The second-order valence-electron chi connectivity index (χ2n) is 7.21. The van der Waals surface area contributed by atoms with Crippen LogP contribution in [0.1, 0.15) is 48.0 Å². The van der Waals surface area contributed by atoms with Crippen LogP contribution in [0.3, 0.4) is 0 Å². The van der Waals surface area contributed by atoms with Crippen LogP contribution in [0, 0.1) is 0 Å². The summed E-state index contributed by atoms with van der Waals surface area (Å²) in [5.41, 5.74) is -1.05. The predicted molar refractivity (Wildman–Crippen MR) is 75.2 cm³/mol. The average Bonchev–Trinajstić information content (AvgIpc) is 2.54. The lowest BCUT2D eigenvalue weighted by atomic mass is 10.1. The fraction of sp³-hybridized carbons (Fsp3) is 0.857. The molecule has 116 valence electrons. The first-order valence-electron chi connectivity index (χ1n) is 6.90. The topological polar surface area (TPSA) is 78.9 Å². The van der Waals surface area contributed by atoms with Gasteiger partial charge in [0.25, 0.3) is 0 Å². The van der Waals surface area contributed by atoms with Crippen LogP contribution in [0.2, 0.25) is 0 Å². The van der Waals surface area contributed by atoms with Crippen molar-refractivity contribution < 1.29 is 19.4 Å².